The van der Waals surface area contributed by atoms with Gasteiger partial charge in [0.05, 0.1) is 6.61 Å². The van der Waals surface area contributed by atoms with Gasteiger partial charge in [-0.2, -0.15) is 0 Å². The Morgan fingerprint density at radius 3 is 2.79 bits per heavy atom. The van der Waals surface area contributed by atoms with Gasteiger partial charge in [-0.3, -0.25) is 0 Å². The largest absolute Gasteiger partial charge is 0.383 e. The Kier molecular flexibility index (Phi) is 2.33. The molecule has 0 saturated carbocycles. The Balaban J connectivity index is 2.45. The first kappa shape index (κ1) is 9.69. The first-order valence-corrected chi connectivity index (χ1v) is 5.00. The van der Waals surface area contributed by atoms with E-state index in [4.69, 9.17) is 4.74 Å². The predicted molar refractivity (Wildman–Crippen MR) is 55.2 cm³/mol. The number of aliphatic hydroxyl groups is 1. The lowest BCUT2D eigenvalue weighted by Crippen LogP contribution is -2.26. The first-order valence-electron chi connectivity index (χ1n) is 5.00. The van der Waals surface area contributed by atoms with Gasteiger partial charge in [-0.05, 0) is 30.5 Å². The molecule has 76 valence electrons. The molecule has 0 amide bonds. The van der Waals surface area contributed by atoms with E-state index in [1.807, 2.05) is 12.1 Å². The van der Waals surface area contributed by atoms with E-state index in [9.17, 15) is 5.11 Å². The Morgan fingerprint density at radius 2 is 2.14 bits per heavy atom. The minimum absolute atomic E-state index is 0.428. The second kappa shape index (κ2) is 3.37. The SMILES string of the molecule is Cc1cccc(C2(O)CCOC2)c1C. The van der Waals surface area contributed by atoms with Crippen molar-refractivity contribution in [3.05, 3.63) is 34.9 Å². The average molecular weight is 192 g/mol. The number of ether oxygens (including phenoxy) is 1. The molecular formula is C12H16O2. The molecule has 1 aliphatic rings. The highest BCUT2D eigenvalue weighted by Crippen LogP contribution is 2.33. The van der Waals surface area contributed by atoms with Crippen LogP contribution < -0.4 is 0 Å². The van der Waals surface area contributed by atoms with Crippen molar-refractivity contribution in [3.63, 3.8) is 0 Å². The highest BCUT2D eigenvalue weighted by atomic mass is 16.5. The monoisotopic (exact) mass is 192 g/mol. The maximum Gasteiger partial charge on any atom is 0.115 e. The lowest BCUT2D eigenvalue weighted by molar-refractivity contribution is 0.0226. The molecule has 1 heterocycles. The molecule has 1 aromatic carbocycles. The summed E-state index contributed by atoms with van der Waals surface area (Å²) < 4.78 is 5.26. The second-order valence-corrected chi connectivity index (χ2v) is 4.08. The van der Waals surface area contributed by atoms with Gasteiger partial charge in [-0.15, -0.1) is 0 Å². The third-order valence-corrected chi connectivity index (χ3v) is 3.11. The maximum absolute atomic E-state index is 10.3. The van der Waals surface area contributed by atoms with Gasteiger partial charge in [-0.25, -0.2) is 0 Å². The summed E-state index contributed by atoms with van der Waals surface area (Å²) in [5, 5.41) is 10.3. The molecule has 2 heteroatoms. The van der Waals surface area contributed by atoms with Crippen LogP contribution in [-0.2, 0) is 10.3 Å². The zero-order chi connectivity index (χ0) is 10.2. The number of hydrogen-bond donors (Lipinski definition) is 1. The van der Waals surface area contributed by atoms with Gasteiger partial charge >= 0.3 is 0 Å². The summed E-state index contributed by atoms with van der Waals surface area (Å²) in [7, 11) is 0. The smallest absolute Gasteiger partial charge is 0.115 e. The van der Waals surface area contributed by atoms with E-state index in [0.29, 0.717) is 19.6 Å². The summed E-state index contributed by atoms with van der Waals surface area (Å²) in [5.74, 6) is 0. The highest BCUT2D eigenvalue weighted by Gasteiger charge is 2.35. The van der Waals surface area contributed by atoms with Gasteiger partial charge in [0, 0.05) is 13.0 Å². The lowest BCUT2D eigenvalue weighted by Gasteiger charge is -2.23. The van der Waals surface area contributed by atoms with Gasteiger partial charge in [-0.1, -0.05) is 18.2 Å². The second-order valence-electron chi connectivity index (χ2n) is 4.08. The molecule has 2 nitrogen and oxygen atoms in total. The van der Waals surface area contributed by atoms with Crippen molar-refractivity contribution < 1.29 is 9.84 Å². The average Bonchev–Trinajstić information content (AvgIpc) is 2.58. The molecule has 0 bridgehead atoms. The topological polar surface area (TPSA) is 29.5 Å². The number of benzene rings is 1. The van der Waals surface area contributed by atoms with E-state index in [1.165, 1.54) is 11.1 Å². The van der Waals surface area contributed by atoms with Crippen LogP contribution in [0.4, 0.5) is 0 Å². The Morgan fingerprint density at radius 1 is 1.36 bits per heavy atom. The molecule has 1 saturated heterocycles. The van der Waals surface area contributed by atoms with Crippen LogP contribution in [0, 0.1) is 13.8 Å². The van der Waals surface area contributed by atoms with Crippen molar-refractivity contribution in [2.75, 3.05) is 13.2 Å². The predicted octanol–water partition coefficient (Wildman–Crippen LogP) is 1.91. The van der Waals surface area contributed by atoms with Gasteiger partial charge in [0.25, 0.3) is 0 Å². The van der Waals surface area contributed by atoms with E-state index < -0.39 is 5.60 Å². The van der Waals surface area contributed by atoms with Gasteiger partial charge in [0.1, 0.15) is 5.60 Å². The van der Waals surface area contributed by atoms with Crippen molar-refractivity contribution in [1.82, 2.24) is 0 Å². The standard InChI is InChI=1S/C12H16O2/c1-9-4-3-5-11(10(9)2)12(13)6-7-14-8-12/h3-5,13H,6-8H2,1-2H3. The first-order chi connectivity index (χ1) is 6.63. The molecule has 1 N–H and O–H groups in total. The molecule has 1 unspecified atom stereocenters. The summed E-state index contributed by atoms with van der Waals surface area (Å²) in [4.78, 5) is 0. The van der Waals surface area contributed by atoms with Crippen LogP contribution in [0.1, 0.15) is 23.1 Å². The van der Waals surface area contributed by atoms with Gasteiger partial charge in [0.15, 0.2) is 0 Å². The fraction of sp³-hybridized carbons (Fsp3) is 0.500. The molecule has 0 spiro atoms. The molecule has 1 atom stereocenters. The Labute approximate surface area is 84.5 Å². The Hall–Kier alpha value is -0.860. The van der Waals surface area contributed by atoms with Crippen LogP contribution in [0.15, 0.2) is 18.2 Å². The van der Waals surface area contributed by atoms with E-state index in [0.717, 1.165) is 5.56 Å². The summed E-state index contributed by atoms with van der Waals surface area (Å²) in [6.45, 7) is 5.21. The minimum atomic E-state index is -0.754. The van der Waals surface area contributed by atoms with Crippen molar-refractivity contribution in [3.8, 4) is 0 Å². The molecule has 0 radical (unpaired) electrons. The fourth-order valence-corrected chi connectivity index (χ4v) is 2.02. The molecule has 0 aromatic heterocycles. The quantitative estimate of drug-likeness (QED) is 0.736. The highest BCUT2D eigenvalue weighted by molar-refractivity contribution is 5.37. The molecule has 14 heavy (non-hydrogen) atoms. The summed E-state index contributed by atoms with van der Waals surface area (Å²) in [5.41, 5.74) is 2.68. The number of aryl methyl sites for hydroxylation is 1. The van der Waals surface area contributed by atoms with Crippen LogP contribution >= 0.6 is 0 Å². The van der Waals surface area contributed by atoms with Crippen molar-refractivity contribution in [2.45, 2.75) is 25.9 Å². The summed E-state index contributed by atoms with van der Waals surface area (Å²) >= 11 is 0. The molecule has 1 fully saturated rings. The molecule has 0 aliphatic carbocycles. The molecule has 1 aliphatic heterocycles. The van der Waals surface area contributed by atoms with E-state index in [2.05, 4.69) is 19.9 Å². The third kappa shape index (κ3) is 1.45. The van der Waals surface area contributed by atoms with E-state index in [1.54, 1.807) is 0 Å². The van der Waals surface area contributed by atoms with Crippen LogP contribution in [0.2, 0.25) is 0 Å². The third-order valence-electron chi connectivity index (χ3n) is 3.11. The van der Waals surface area contributed by atoms with Crippen LogP contribution in [0.3, 0.4) is 0 Å². The Bertz CT molecular complexity index is 338. The van der Waals surface area contributed by atoms with E-state index in [-0.39, 0.29) is 0 Å². The van der Waals surface area contributed by atoms with Crippen LogP contribution in [0.25, 0.3) is 0 Å². The van der Waals surface area contributed by atoms with Crippen molar-refractivity contribution in [2.24, 2.45) is 0 Å². The summed E-state index contributed by atoms with van der Waals surface area (Å²) in [6.07, 6.45) is 0.706. The lowest BCUT2D eigenvalue weighted by atomic mass is 9.88. The van der Waals surface area contributed by atoms with E-state index >= 15 is 0 Å². The molecule has 2 rings (SSSR count). The number of hydrogen-bond acceptors (Lipinski definition) is 2. The maximum atomic E-state index is 10.3. The molecular weight excluding hydrogens is 176 g/mol. The van der Waals surface area contributed by atoms with Gasteiger partial charge < -0.3 is 9.84 Å². The zero-order valence-electron chi connectivity index (χ0n) is 8.71. The van der Waals surface area contributed by atoms with Crippen LogP contribution in [0.5, 0.6) is 0 Å². The van der Waals surface area contributed by atoms with Crippen molar-refractivity contribution in [1.29, 1.82) is 0 Å². The number of rotatable bonds is 1. The minimum Gasteiger partial charge on any atom is -0.383 e. The normalized spacial score (nSPS) is 26.8. The van der Waals surface area contributed by atoms with Crippen LogP contribution in [-0.4, -0.2) is 18.3 Å². The fourth-order valence-electron chi connectivity index (χ4n) is 2.02. The molecule has 1 aromatic rings. The van der Waals surface area contributed by atoms with Gasteiger partial charge in [0.2, 0.25) is 0 Å². The zero-order valence-corrected chi connectivity index (χ0v) is 8.71. The summed E-state index contributed by atoms with van der Waals surface area (Å²) in [6, 6.07) is 6.06. The van der Waals surface area contributed by atoms with Crippen molar-refractivity contribution >= 4 is 0 Å².